The van der Waals surface area contributed by atoms with Gasteiger partial charge in [-0.05, 0) is 44.7 Å². The Hall–Kier alpha value is -3.06. The summed E-state index contributed by atoms with van der Waals surface area (Å²) in [5.41, 5.74) is 6.65. The highest BCUT2D eigenvalue weighted by Gasteiger charge is 2.28. The molecule has 7 heteroatoms. The fraction of sp³-hybridized carbons (Fsp3) is 0.333. The Morgan fingerprint density at radius 3 is 2.65 bits per heavy atom. The fourth-order valence-electron chi connectivity index (χ4n) is 3.99. The lowest BCUT2D eigenvalue weighted by Gasteiger charge is -2.09. The molecule has 0 unspecified atom stereocenters. The quantitative estimate of drug-likeness (QED) is 0.486. The van der Waals surface area contributed by atoms with E-state index in [1.807, 2.05) is 27.0 Å². The molecule has 5 rings (SSSR count). The number of fused-ring (bicyclic) bond motifs is 1. The van der Waals surface area contributed by atoms with E-state index in [-0.39, 0.29) is 5.91 Å². The molecule has 1 saturated carbocycles. The van der Waals surface area contributed by atoms with E-state index in [1.54, 1.807) is 16.0 Å². The van der Waals surface area contributed by atoms with Crippen molar-refractivity contribution in [2.75, 3.05) is 6.54 Å². The van der Waals surface area contributed by atoms with Gasteiger partial charge in [-0.1, -0.05) is 24.3 Å². The van der Waals surface area contributed by atoms with Crippen molar-refractivity contribution in [1.29, 1.82) is 0 Å². The second kappa shape index (κ2) is 7.89. The maximum Gasteiger partial charge on any atom is 0.252 e. The number of thiazole rings is 1. The van der Waals surface area contributed by atoms with Crippen LogP contribution >= 0.6 is 11.3 Å². The Labute approximate surface area is 185 Å². The molecule has 0 radical (unpaired) electrons. The highest BCUT2D eigenvalue weighted by atomic mass is 32.1. The number of amides is 1. The van der Waals surface area contributed by atoms with Gasteiger partial charge in [-0.25, -0.2) is 9.97 Å². The van der Waals surface area contributed by atoms with E-state index in [2.05, 4.69) is 45.0 Å². The molecule has 1 N–H and O–H groups in total. The molecule has 1 aromatic carbocycles. The van der Waals surface area contributed by atoms with Gasteiger partial charge >= 0.3 is 0 Å². The first kappa shape index (κ1) is 19.9. The third-order valence-electron chi connectivity index (χ3n) is 5.80. The third kappa shape index (κ3) is 3.97. The number of aromatic nitrogens is 4. The molecule has 1 aliphatic carbocycles. The first-order valence-electron chi connectivity index (χ1n) is 10.6. The Morgan fingerprint density at radius 1 is 1.19 bits per heavy atom. The molecule has 31 heavy (non-hydrogen) atoms. The van der Waals surface area contributed by atoms with Gasteiger partial charge in [0.05, 0.1) is 27.3 Å². The minimum atomic E-state index is -0.0556. The summed E-state index contributed by atoms with van der Waals surface area (Å²) in [6, 6.07) is 10.4. The molecule has 158 valence electrons. The third-order valence-corrected chi connectivity index (χ3v) is 6.57. The van der Waals surface area contributed by atoms with Crippen LogP contribution < -0.4 is 5.32 Å². The Kier molecular flexibility index (Phi) is 5.06. The molecule has 0 atom stereocenters. The molecule has 4 aromatic rings. The minimum absolute atomic E-state index is 0.0556. The van der Waals surface area contributed by atoms with Crippen molar-refractivity contribution in [1.82, 2.24) is 25.1 Å². The Balaban J connectivity index is 1.29. The number of benzene rings is 1. The maximum absolute atomic E-state index is 13.1. The maximum atomic E-state index is 13.1. The van der Waals surface area contributed by atoms with Gasteiger partial charge in [0.1, 0.15) is 0 Å². The van der Waals surface area contributed by atoms with Crippen molar-refractivity contribution >= 4 is 28.3 Å². The molecule has 6 nitrogen and oxygen atoms in total. The summed E-state index contributed by atoms with van der Waals surface area (Å²) >= 11 is 1.66. The van der Waals surface area contributed by atoms with Gasteiger partial charge in [-0.15, -0.1) is 11.3 Å². The van der Waals surface area contributed by atoms with Crippen molar-refractivity contribution in [2.45, 2.75) is 39.0 Å². The summed E-state index contributed by atoms with van der Waals surface area (Å²) < 4.78 is 1.78. The summed E-state index contributed by atoms with van der Waals surface area (Å²) in [6.07, 6.45) is 3.07. The van der Waals surface area contributed by atoms with Gasteiger partial charge in [0, 0.05) is 36.1 Å². The first-order chi connectivity index (χ1) is 15.0. The van der Waals surface area contributed by atoms with Crippen LogP contribution in [-0.4, -0.2) is 32.2 Å². The molecule has 0 spiro atoms. The number of hydrogen-bond donors (Lipinski definition) is 1. The molecular formula is C24H25N5OS. The van der Waals surface area contributed by atoms with E-state index in [0.29, 0.717) is 18.0 Å². The highest BCUT2D eigenvalue weighted by Crippen LogP contribution is 2.40. The van der Waals surface area contributed by atoms with Crippen molar-refractivity contribution in [3.63, 3.8) is 0 Å². The van der Waals surface area contributed by atoms with Gasteiger partial charge < -0.3 is 5.32 Å². The smallest absolute Gasteiger partial charge is 0.252 e. The van der Waals surface area contributed by atoms with Gasteiger partial charge in [-0.3, -0.25) is 9.48 Å². The predicted molar refractivity (Wildman–Crippen MR) is 124 cm³/mol. The van der Waals surface area contributed by atoms with Gasteiger partial charge in [0.15, 0.2) is 5.65 Å². The molecule has 1 aliphatic rings. The lowest BCUT2D eigenvalue weighted by Crippen LogP contribution is -2.26. The largest absolute Gasteiger partial charge is 0.352 e. The number of aryl methyl sites for hydroxylation is 3. The number of nitrogens with one attached hydrogen (secondary N) is 1. The normalized spacial score (nSPS) is 13.6. The van der Waals surface area contributed by atoms with Crippen LogP contribution in [0.25, 0.3) is 22.3 Å². The monoisotopic (exact) mass is 431 g/mol. The number of hydrogen-bond acceptors (Lipinski definition) is 5. The topological polar surface area (TPSA) is 72.7 Å². The standard InChI is InChI=1S/C24H25N5OS/c1-14-22-19(12-20(17-8-9-17)27-23(22)29(3)28-14)24(30)25-11-10-16-4-6-18(7-5-16)21-13-31-15(2)26-21/h4-7,12-13,17H,8-11H2,1-3H3,(H,25,30). The van der Waals surface area contributed by atoms with Crippen LogP contribution in [0.5, 0.6) is 0 Å². The van der Waals surface area contributed by atoms with E-state index in [0.717, 1.165) is 57.9 Å². The van der Waals surface area contributed by atoms with Crippen LogP contribution in [0.15, 0.2) is 35.7 Å². The summed E-state index contributed by atoms with van der Waals surface area (Å²) in [6.45, 7) is 4.53. The van der Waals surface area contributed by atoms with Crippen LogP contribution in [-0.2, 0) is 13.5 Å². The lowest BCUT2D eigenvalue weighted by molar-refractivity contribution is 0.0955. The van der Waals surface area contributed by atoms with Crippen LogP contribution in [0, 0.1) is 13.8 Å². The number of nitrogens with zero attached hydrogens (tertiary/aromatic N) is 4. The van der Waals surface area contributed by atoms with Gasteiger partial charge in [0.25, 0.3) is 5.91 Å². The molecule has 1 fully saturated rings. The average Bonchev–Trinajstić information content (AvgIpc) is 3.47. The van der Waals surface area contributed by atoms with Crippen molar-refractivity contribution < 1.29 is 4.79 Å². The fourth-order valence-corrected chi connectivity index (χ4v) is 4.61. The molecule has 0 saturated heterocycles. The number of carbonyl (C=O) groups excluding carboxylic acids is 1. The lowest BCUT2D eigenvalue weighted by atomic mass is 10.1. The SMILES string of the molecule is Cc1nc(-c2ccc(CCNC(=O)c3cc(C4CC4)nc4c3c(C)nn4C)cc2)cs1. The average molecular weight is 432 g/mol. The van der Waals surface area contributed by atoms with Gasteiger partial charge in [0.2, 0.25) is 0 Å². The van der Waals surface area contributed by atoms with E-state index in [4.69, 9.17) is 4.98 Å². The Morgan fingerprint density at radius 2 is 1.97 bits per heavy atom. The molecule has 3 heterocycles. The molecule has 0 bridgehead atoms. The zero-order chi connectivity index (χ0) is 21.5. The Bertz CT molecular complexity index is 1270. The second-order valence-electron chi connectivity index (χ2n) is 8.23. The van der Waals surface area contributed by atoms with Gasteiger partial charge in [-0.2, -0.15) is 5.10 Å². The molecule has 0 aliphatic heterocycles. The summed E-state index contributed by atoms with van der Waals surface area (Å²) in [4.78, 5) is 22.4. The molecule has 1 amide bonds. The predicted octanol–water partition coefficient (Wildman–Crippen LogP) is 4.56. The van der Waals surface area contributed by atoms with Crippen molar-refractivity contribution in [3.05, 3.63) is 63.2 Å². The highest BCUT2D eigenvalue weighted by molar-refractivity contribution is 7.09. The molecular weight excluding hydrogens is 406 g/mol. The summed E-state index contributed by atoms with van der Waals surface area (Å²) in [5, 5.41) is 11.6. The van der Waals surface area contributed by atoms with Crippen LogP contribution in [0.3, 0.4) is 0 Å². The van der Waals surface area contributed by atoms with Crippen LogP contribution in [0.2, 0.25) is 0 Å². The van der Waals surface area contributed by atoms with E-state index in [1.165, 1.54) is 5.56 Å². The van der Waals surface area contributed by atoms with E-state index in [9.17, 15) is 4.79 Å². The zero-order valence-electron chi connectivity index (χ0n) is 18.0. The van der Waals surface area contributed by atoms with E-state index >= 15 is 0 Å². The van der Waals surface area contributed by atoms with Crippen molar-refractivity contribution in [3.8, 4) is 11.3 Å². The zero-order valence-corrected chi connectivity index (χ0v) is 18.8. The molecule has 3 aromatic heterocycles. The number of carbonyl (C=O) groups is 1. The summed E-state index contributed by atoms with van der Waals surface area (Å²) in [5.74, 6) is 0.422. The van der Waals surface area contributed by atoms with Crippen molar-refractivity contribution in [2.24, 2.45) is 7.05 Å². The van der Waals surface area contributed by atoms with Crippen LogP contribution in [0.4, 0.5) is 0 Å². The summed E-state index contributed by atoms with van der Waals surface area (Å²) in [7, 11) is 1.89. The number of rotatable bonds is 6. The first-order valence-corrected chi connectivity index (χ1v) is 11.5. The van der Waals surface area contributed by atoms with Crippen LogP contribution in [0.1, 0.15) is 51.1 Å². The second-order valence-corrected chi connectivity index (χ2v) is 9.29. The van der Waals surface area contributed by atoms with E-state index < -0.39 is 0 Å². The number of pyridine rings is 1. The minimum Gasteiger partial charge on any atom is -0.352 e.